The van der Waals surface area contributed by atoms with Gasteiger partial charge in [0.15, 0.2) is 11.5 Å². The molecule has 6 nitrogen and oxygen atoms in total. The van der Waals surface area contributed by atoms with Crippen molar-refractivity contribution in [3.63, 3.8) is 0 Å². The fraction of sp³-hybridized carbons (Fsp3) is 0.286. The van der Waals surface area contributed by atoms with E-state index in [4.69, 9.17) is 14.5 Å². The number of nitrogens with zero attached hydrogens (tertiary/aromatic N) is 5. The minimum Gasteiger partial charge on any atom is -0.472 e. The van der Waals surface area contributed by atoms with Crippen molar-refractivity contribution >= 4 is 5.65 Å². The van der Waals surface area contributed by atoms with Crippen molar-refractivity contribution in [2.24, 2.45) is 0 Å². The summed E-state index contributed by atoms with van der Waals surface area (Å²) < 4.78 is 7.10. The van der Waals surface area contributed by atoms with Crippen LogP contribution in [0.25, 0.3) is 16.8 Å². The molecular weight excluding hydrogens is 338 g/mol. The number of piperidine rings is 1. The number of likely N-dealkylation sites (tertiary alicyclic amines) is 1. The van der Waals surface area contributed by atoms with Gasteiger partial charge >= 0.3 is 0 Å². The van der Waals surface area contributed by atoms with Gasteiger partial charge in [-0.05, 0) is 55.3 Å². The average molecular weight is 359 g/mol. The number of fused-ring (bicyclic) bond motifs is 1. The monoisotopic (exact) mass is 359 g/mol. The first-order chi connectivity index (χ1) is 13.3. The van der Waals surface area contributed by atoms with Gasteiger partial charge in [-0.15, -0.1) is 0 Å². The standard InChI is InChI=1S/C21H21N5O/c1-2-19(13-25(10-1)12-16-7-11-27-15-16)21-23-20-4-3-18(14-26(20)24-21)17-5-8-22-9-6-17/h3-9,11,14-15,19H,1-2,10,12-13H2. The summed E-state index contributed by atoms with van der Waals surface area (Å²) in [6.07, 6.45) is 11.5. The van der Waals surface area contributed by atoms with Crippen molar-refractivity contribution in [2.45, 2.75) is 25.3 Å². The predicted molar refractivity (Wildman–Crippen MR) is 102 cm³/mol. The lowest BCUT2D eigenvalue weighted by Gasteiger charge is -2.30. The van der Waals surface area contributed by atoms with Crippen LogP contribution < -0.4 is 0 Å². The highest BCUT2D eigenvalue weighted by atomic mass is 16.3. The molecule has 1 atom stereocenters. The number of hydrogen-bond acceptors (Lipinski definition) is 5. The Morgan fingerprint density at radius 2 is 2.00 bits per heavy atom. The van der Waals surface area contributed by atoms with E-state index in [2.05, 4.69) is 16.0 Å². The summed E-state index contributed by atoms with van der Waals surface area (Å²) in [5.41, 5.74) is 4.37. The highest BCUT2D eigenvalue weighted by Crippen LogP contribution is 2.27. The quantitative estimate of drug-likeness (QED) is 0.555. The molecule has 27 heavy (non-hydrogen) atoms. The van der Waals surface area contributed by atoms with Gasteiger partial charge in [0.1, 0.15) is 0 Å². The Bertz CT molecular complexity index is 1030. The van der Waals surface area contributed by atoms with Crippen molar-refractivity contribution in [3.05, 3.63) is 72.8 Å². The van der Waals surface area contributed by atoms with Crippen LogP contribution in [-0.2, 0) is 6.54 Å². The van der Waals surface area contributed by atoms with Crippen molar-refractivity contribution < 1.29 is 4.42 Å². The molecule has 0 amide bonds. The van der Waals surface area contributed by atoms with Crippen molar-refractivity contribution in [1.29, 1.82) is 0 Å². The largest absolute Gasteiger partial charge is 0.472 e. The molecule has 6 heteroatoms. The second kappa shape index (κ2) is 6.96. The summed E-state index contributed by atoms with van der Waals surface area (Å²) in [5, 5.41) is 4.80. The first-order valence-corrected chi connectivity index (χ1v) is 9.35. The molecule has 0 bridgehead atoms. The van der Waals surface area contributed by atoms with Gasteiger partial charge in [-0.3, -0.25) is 9.88 Å². The van der Waals surface area contributed by atoms with Crippen LogP contribution in [0.4, 0.5) is 0 Å². The van der Waals surface area contributed by atoms with Crippen LogP contribution in [-0.4, -0.2) is 37.6 Å². The molecule has 5 rings (SSSR count). The molecule has 5 heterocycles. The summed E-state index contributed by atoms with van der Waals surface area (Å²) in [7, 11) is 0. The molecule has 0 radical (unpaired) electrons. The first kappa shape index (κ1) is 16.2. The molecule has 0 aromatic carbocycles. The van der Waals surface area contributed by atoms with Crippen LogP contribution >= 0.6 is 0 Å². The first-order valence-electron chi connectivity index (χ1n) is 9.35. The highest BCUT2D eigenvalue weighted by molar-refractivity contribution is 5.63. The van der Waals surface area contributed by atoms with Crippen molar-refractivity contribution in [1.82, 2.24) is 24.5 Å². The molecule has 0 spiro atoms. The van der Waals surface area contributed by atoms with Gasteiger partial charge in [-0.2, -0.15) is 5.10 Å². The summed E-state index contributed by atoms with van der Waals surface area (Å²) in [5.74, 6) is 1.31. The van der Waals surface area contributed by atoms with E-state index in [-0.39, 0.29) is 0 Å². The van der Waals surface area contributed by atoms with E-state index in [1.165, 1.54) is 12.0 Å². The third kappa shape index (κ3) is 3.36. The molecule has 0 N–H and O–H groups in total. The van der Waals surface area contributed by atoms with Gasteiger partial charge in [0.2, 0.25) is 0 Å². The van der Waals surface area contributed by atoms with Crippen LogP contribution in [0.2, 0.25) is 0 Å². The maximum Gasteiger partial charge on any atom is 0.156 e. The third-order valence-electron chi connectivity index (χ3n) is 5.22. The van der Waals surface area contributed by atoms with Crippen molar-refractivity contribution in [3.8, 4) is 11.1 Å². The van der Waals surface area contributed by atoms with E-state index >= 15 is 0 Å². The summed E-state index contributed by atoms with van der Waals surface area (Å²) in [6, 6.07) is 10.2. The minimum absolute atomic E-state index is 0.370. The lowest BCUT2D eigenvalue weighted by molar-refractivity contribution is 0.196. The van der Waals surface area contributed by atoms with E-state index in [0.717, 1.165) is 48.7 Å². The smallest absolute Gasteiger partial charge is 0.156 e. The van der Waals surface area contributed by atoms with Crippen LogP contribution in [0.1, 0.15) is 30.1 Å². The van der Waals surface area contributed by atoms with Gasteiger partial charge in [0, 0.05) is 48.7 Å². The Balaban J connectivity index is 1.38. The minimum atomic E-state index is 0.370. The Labute approximate surface area is 157 Å². The van der Waals surface area contributed by atoms with Crippen LogP contribution in [0, 0.1) is 0 Å². The van der Waals surface area contributed by atoms with Gasteiger partial charge in [0.25, 0.3) is 0 Å². The second-order valence-electron chi connectivity index (χ2n) is 7.13. The Hall–Kier alpha value is -2.99. The van der Waals surface area contributed by atoms with Gasteiger partial charge in [-0.1, -0.05) is 0 Å². The van der Waals surface area contributed by atoms with Gasteiger partial charge in [-0.25, -0.2) is 9.50 Å². The molecule has 0 saturated carbocycles. The second-order valence-corrected chi connectivity index (χ2v) is 7.13. The number of rotatable bonds is 4. The maximum atomic E-state index is 5.20. The lowest BCUT2D eigenvalue weighted by Crippen LogP contribution is -2.34. The molecule has 1 aliphatic rings. The predicted octanol–water partition coefficient (Wildman–Crippen LogP) is 3.76. The molecule has 1 saturated heterocycles. The Morgan fingerprint density at radius 1 is 1.07 bits per heavy atom. The average Bonchev–Trinajstić information content (AvgIpc) is 3.38. The van der Waals surface area contributed by atoms with Crippen LogP contribution in [0.15, 0.2) is 65.9 Å². The molecule has 1 fully saturated rings. The summed E-state index contributed by atoms with van der Waals surface area (Å²) in [6.45, 7) is 3.02. The normalized spacial score (nSPS) is 18.1. The molecule has 1 unspecified atom stereocenters. The fourth-order valence-electron chi connectivity index (χ4n) is 3.84. The van der Waals surface area contributed by atoms with Crippen LogP contribution in [0.3, 0.4) is 0 Å². The Kier molecular flexibility index (Phi) is 4.18. The zero-order chi connectivity index (χ0) is 18.1. The lowest BCUT2D eigenvalue weighted by atomic mass is 9.97. The molecule has 1 aliphatic heterocycles. The fourth-order valence-corrected chi connectivity index (χ4v) is 3.84. The highest BCUT2D eigenvalue weighted by Gasteiger charge is 2.25. The van der Waals surface area contributed by atoms with Crippen molar-refractivity contribution in [2.75, 3.05) is 13.1 Å². The number of furan rings is 1. The summed E-state index contributed by atoms with van der Waals surface area (Å²) in [4.78, 5) is 11.3. The zero-order valence-electron chi connectivity index (χ0n) is 15.0. The third-order valence-corrected chi connectivity index (χ3v) is 5.22. The van der Waals surface area contributed by atoms with Gasteiger partial charge in [0.05, 0.1) is 12.5 Å². The topological polar surface area (TPSA) is 59.5 Å². The summed E-state index contributed by atoms with van der Waals surface area (Å²) >= 11 is 0. The van der Waals surface area contributed by atoms with E-state index in [0.29, 0.717) is 5.92 Å². The molecule has 4 aromatic heterocycles. The number of pyridine rings is 2. The molecule has 0 aliphatic carbocycles. The van der Waals surface area contributed by atoms with E-state index < -0.39 is 0 Å². The van der Waals surface area contributed by atoms with Crippen LogP contribution in [0.5, 0.6) is 0 Å². The molecular formula is C21H21N5O. The van der Waals surface area contributed by atoms with E-state index in [1.54, 1.807) is 6.26 Å². The number of aromatic nitrogens is 4. The molecule has 4 aromatic rings. The molecule has 136 valence electrons. The Morgan fingerprint density at radius 3 is 2.85 bits per heavy atom. The van der Waals surface area contributed by atoms with Gasteiger partial charge < -0.3 is 4.42 Å². The zero-order valence-corrected chi connectivity index (χ0v) is 15.0. The van der Waals surface area contributed by atoms with E-state index in [9.17, 15) is 0 Å². The maximum absolute atomic E-state index is 5.20. The SMILES string of the molecule is c1cc(-c2ccc3nc(C4CCCN(Cc5ccoc5)C4)nn3c2)ccn1. The number of hydrogen-bond donors (Lipinski definition) is 0. The van der Waals surface area contributed by atoms with E-state index in [1.807, 2.05) is 53.6 Å².